The van der Waals surface area contributed by atoms with Crippen LogP contribution in [0.5, 0.6) is 11.5 Å². The van der Waals surface area contributed by atoms with Gasteiger partial charge < -0.3 is 14.6 Å². The number of rotatable bonds is 1. The molecule has 0 saturated heterocycles. The van der Waals surface area contributed by atoms with Gasteiger partial charge in [-0.05, 0) is 36.5 Å². The summed E-state index contributed by atoms with van der Waals surface area (Å²) in [6.45, 7) is 1.26. The van der Waals surface area contributed by atoms with E-state index in [2.05, 4.69) is 6.07 Å². The molecule has 0 bridgehead atoms. The molecule has 3 heteroatoms. The third kappa shape index (κ3) is 1.57. The van der Waals surface area contributed by atoms with E-state index in [0.717, 1.165) is 24.3 Å². The quantitative estimate of drug-likeness (QED) is 0.760. The van der Waals surface area contributed by atoms with Crippen LogP contribution in [0.25, 0.3) is 0 Å². The van der Waals surface area contributed by atoms with Gasteiger partial charge in [0.15, 0.2) is 11.5 Å². The molecule has 1 aromatic rings. The molecule has 0 unspecified atom stereocenters. The molecule has 1 aliphatic carbocycles. The molecule has 3 rings (SSSR count). The number of ether oxygens (including phenoxy) is 2. The zero-order valence-corrected chi connectivity index (χ0v) is 8.48. The maximum atomic E-state index is 9.26. The highest BCUT2D eigenvalue weighted by Crippen LogP contribution is 2.40. The summed E-state index contributed by atoms with van der Waals surface area (Å²) >= 11 is 0. The van der Waals surface area contributed by atoms with Gasteiger partial charge in [0, 0.05) is 0 Å². The lowest BCUT2D eigenvalue weighted by Gasteiger charge is -2.32. The van der Waals surface area contributed by atoms with Crippen molar-refractivity contribution in [1.29, 1.82) is 0 Å². The molecule has 1 saturated carbocycles. The summed E-state index contributed by atoms with van der Waals surface area (Å²) in [5.41, 5.74) is 1.25. The van der Waals surface area contributed by atoms with Gasteiger partial charge in [-0.3, -0.25) is 0 Å². The van der Waals surface area contributed by atoms with Gasteiger partial charge in [0.1, 0.15) is 13.2 Å². The maximum absolute atomic E-state index is 9.26. The second kappa shape index (κ2) is 3.42. The average Bonchev–Trinajstić information content (AvgIpc) is 2.24. The monoisotopic (exact) mass is 206 g/mol. The Bertz CT molecular complexity index is 369. The van der Waals surface area contributed by atoms with Crippen molar-refractivity contribution in [1.82, 2.24) is 0 Å². The van der Waals surface area contributed by atoms with Crippen molar-refractivity contribution in [3.8, 4) is 11.5 Å². The third-order valence-corrected chi connectivity index (χ3v) is 3.15. The summed E-state index contributed by atoms with van der Waals surface area (Å²) in [5, 5.41) is 9.26. The van der Waals surface area contributed by atoms with Crippen LogP contribution in [-0.4, -0.2) is 24.4 Å². The van der Waals surface area contributed by atoms with E-state index in [0.29, 0.717) is 19.1 Å². The Morgan fingerprint density at radius 3 is 2.53 bits per heavy atom. The van der Waals surface area contributed by atoms with Crippen LogP contribution >= 0.6 is 0 Å². The van der Waals surface area contributed by atoms with Gasteiger partial charge in [-0.15, -0.1) is 0 Å². The van der Waals surface area contributed by atoms with E-state index >= 15 is 0 Å². The fourth-order valence-corrected chi connectivity index (χ4v) is 2.17. The molecule has 0 atom stereocenters. The van der Waals surface area contributed by atoms with E-state index in [4.69, 9.17) is 9.47 Å². The van der Waals surface area contributed by atoms with Crippen molar-refractivity contribution >= 4 is 0 Å². The molecule has 0 spiro atoms. The van der Waals surface area contributed by atoms with Gasteiger partial charge in [-0.1, -0.05) is 6.07 Å². The lowest BCUT2D eigenvalue weighted by atomic mass is 9.77. The molecule has 0 amide bonds. The summed E-state index contributed by atoms with van der Waals surface area (Å²) in [6, 6.07) is 6.09. The predicted octanol–water partition coefficient (Wildman–Crippen LogP) is 1.70. The molecule has 80 valence electrons. The Hall–Kier alpha value is -1.22. The summed E-state index contributed by atoms with van der Waals surface area (Å²) < 4.78 is 11.0. The van der Waals surface area contributed by atoms with Gasteiger partial charge in [-0.25, -0.2) is 0 Å². The minimum Gasteiger partial charge on any atom is -0.486 e. The smallest absolute Gasteiger partial charge is 0.161 e. The molecule has 1 aliphatic heterocycles. The molecule has 0 radical (unpaired) electrons. The van der Waals surface area contributed by atoms with E-state index in [1.807, 2.05) is 12.1 Å². The summed E-state index contributed by atoms with van der Waals surface area (Å²) in [7, 11) is 0. The number of hydrogen-bond donors (Lipinski definition) is 1. The van der Waals surface area contributed by atoms with E-state index in [1.165, 1.54) is 5.56 Å². The van der Waals surface area contributed by atoms with Crippen molar-refractivity contribution < 1.29 is 14.6 Å². The van der Waals surface area contributed by atoms with Crippen LogP contribution in [0, 0.1) is 0 Å². The van der Waals surface area contributed by atoms with Crippen molar-refractivity contribution in [3.63, 3.8) is 0 Å². The second-order valence-corrected chi connectivity index (χ2v) is 4.23. The highest BCUT2D eigenvalue weighted by Gasteiger charge is 2.29. The van der Waals surface area contributed by atoms with Crippen molar-refractivity contribution in [2.45, 2.75) is 24.9 Å². The van der Waals surface area contributed by atoms with Crippen LogP contribution in [0.15, 0.2) is 18.2 Å². The zero-order chi connectivity index (χ0) is 10.3. The van der Waals surface area contributed by atoms with Crippen molar-refractivity contribution in [2.75, 3.05) is 13.2 Å². The minimum absolute atomic E-state index is 0.108. The number of aliphatic hydroxyl groups is 1. The molecule has 1 aromatic carbocycles. The Labute approximate surface area is 88.6 Å². The minimum atomic E-state index is -0.108. The van der Waals surface area contributed by atoms with Crippen LogP contribution in [0.4, 0.5) is 0 Å². The first kappa shape index (κ1) is 9.04. The van der Waals surface area contributed by atoms with Crippen molar-refractivity contribution in [2.24, 2.45) is 0 Å². The zero-order valence-electron chi connectivity index (χ0n) is 8.48. The Morgan fingerprint density at radius 2 is 1.80 bits per heavy atom. The van der Waals surface area contributed by atoms with Gasteiger partial charge in [0.2, 0.25) is 0 Å². The molecule has 3 nitrogen and oxygen atoms in total. The summed E-state index contributed by atoms with van der Waals surface area (Å²) in [5.74, 6) is 2.18. The third-order valence-electron chi connectivity index (χ3n) is 3.15. The van der Waals surface area contributed by atoms with Gasteiger partial charge >= 0.3 is 0 Å². The number of aliphatic hydroxyl groups excluding tert-OH is 1. The maximum Gasteiger partial charge on any atom is 0.161 e. The van der Waals surface area contributed by atoms with E-state index in [9.17, 15) is 5.11 Å². The number of fused-ring (bicyclic) bond motifs is 1. The highest BCUT2D eigenvalue weighted by molar-refractivity contribution is 5.45. The molecule has 0 aromatic heterocycles. The number of benzene rings is 1. The van der Waals surface area contributed by atoms with Gasteiger partial charge in [-0.2, -0.15) is 0 Å². The predicted molar refractivity (Wildman–Crippen MR) is 55.4 cm³/mol. The standard InChI is InChI=1S/C12H14O3/c13-10-5-9(6-10)8-1-2-11-12(7-8)15-4-3-14-11/h1-2,7,9-10,13H,3-6H2. The summed E-state index contributed by atoms with van der Waals surface area (Å²) in [6.07, 6.45) is 1.64. The molecular weight excluding hydrogens is 192 g/mol. The fraction of sp³-hybridized carbons (Fsp3) is 0.500. The first-order chi connectivity index (χ1) is 7.33. The largest absolute Gasteiger partial charge is 0.486 e. The molecule has 1 fully saturated rings. The van der Waals surface area contributed by atoms with E-state index in [1.54, 1.807) is 0 Å². The lowest BCUT2D eigenvalue weighted by molar-refractivity contribution is 0.0744. The Morgan fingerprint density at radius 1 is 1.07 bits per heavy atom. The Balaban J connectivity index is 1.85. The molecular formula is C12H14O3. The first-order valence-corrected chi connectivity index (χ1v) is 5.40. The van der Waals surface area contributed by atoms with Crippen LogP contribution < -0.4 is 9.47 Å². The highest BCUT2D eigenvalue weighted by atomic mass is 16.6. The van der Waals surface area contributed by atoms with E-state index in [-0.39, 0.29) is 6.10 Å². The second-order valence-electron chi connectivity index (χ2n) is 4.23. The topological polar surface area (TPSA) is 38.7 Å². The normalized spacial score (nSPS) is 28.3. The summed E-state index contributed by atoms with van der Waals surface area (Å²) in [4.78, 5) is 0. The molecule has 15 heavy (non-hydrogen) atoms. The van der Waals surface area contributed by atoms with Crippen LogP contribution in [0.3, 0.4) is 0 Å². The van der Waals surface area contributed by atoms with Gasteiger partial charge in [0.25, 0.3) is 0 Å². The SMILES string of the molecule is OC1CC(c2ccc3c(c2)OCCO3)C1. The van der Waals surface area contributed by atoms with Crippen LogP contribution in [0.2, 0.25) is 0 Å². The van der Waals surface area contributed by atoms with Crippen molar-refractivity contribution in [3.05, 3.63) is 23.8 Å². The van der Waals surface area contributed by atoms with Crippen LogP contribution in [0.1, 0.15) is 24.3 Å². The average molecular weight is 206 g/mol. The molecule has 1 N–H and O–H groups in total. The lowest BCUT2D eigenvalue weighted by Crippen LogP contribution is -2.26. The fourth-order valence-electron chi connectivity index (χ4n) is 2.17. The molecule has 1 heterocycles. The van der Waals surface area contributed by atoms with E-state index < -0.39 is 0 Å². The molecule has 2 aliphatic rings. The Kier molecular flexibility index (Phi) is 2.06. The first-order valence-electron chi connectivity index (χ1n) is 5.40. The van der Waals surface area contributed by atoms with Gasteiger partial charge in [0.05, 0.1) is 6.10 Å². The number of hydrogen-bond acceptors (Lipinski definition) is 3. The van der Waals surface area contributed by atoms with Crippen LogP contribution in [-0.2, 0) is 0 Å².